The number of ether oxygens (including phenoxy) is 1. The molecule has 0 unspecified atom stereocenters. The van der Waals surface area contributed by atoms with Gasteiger partial charge in [-0.15, -0.1) is 0 Å². The van der Waals surface area contributed by atoms with Crippen LogP contribution >= 0.6 is 22.6 Å². The summed E-state index contributed by atoms with van der Waals surface area (Å²) in [7, 11) is 0. The number of hydrogen-bond acceptors (Lipinski definition) is 3. The number of aldehydes is 1. The molecular weight excluding hydrogens is 331 g/mol. The van der Waals surface area contributed by atoms with Crippen LogP contribution in [0.4, 0.5) is 0 Å². The van der Waals surface area contributed by atoms with Gasteiger partial charge in [-0.1, -0.05) is 29.2 Å². The molecule has 1 rings (SSSR count). The number of halogens is 1. The lowest BCUT2D eigenvalue weighted by Gasteiger charge is -2.09. The second-order valence-corrected chi connectivity index (χ2v) is 4.36. The average molecular weight is 344 g/mol. The van der Waals surface area contributed by atoms with Gasteiger partial charge in [0.15, 0.2) is 12.1 Å². The third kappa shape index (κ3) is 3.96. The summed E-state index contributed by atoms with van der Waals surface area (Å²) in [6.07, 6.45) is 0.689. The summed E-state index contributed by atoms with van der Waals surface area (Å²) < 4.78 is 6.27. The van der Waals surface area contributed by atoms with E-state index in [4.69, 9.17) is 4.74 Å². The van der Waals surface area contributed by atoms with Crippen molar-refractivity contribution < 1.29 is 14.3 Å². The molecule has 0 atom stereocenters. The monoisotopic (exact) mass is 344 g/mol. The minimum atomic E-state index is -0.0729. The molecule has 17 heavy (non-hydrogen) atoms. The SMILES string of the molecule is C=C(CI)COc1ccc(C(C)=O)cc1C=O. The highest BCUT2D eigenvalue weighted by molar-refractivity contribution is 14.1. The van der Waals surface area contributed by atoms with Crippen LogP contribution in [-0.2, 0) is 0 Å². The molecule has 4 heteroatoms. The summed E-state index contributed by atoms with van der Waals surface area (Å²) in [5.41, 5.74) is 1.84. The lowest BCUT2D eigenvalue weighted by Crippen LogP contribution is -2.04. The second kappa shape index (κ2) is 6.54. The quantitative estimate of drug-likeness (QED) is 0.262. The van der Waals surface area contributed by atoms with Gasteiger partial charge in [-0.25, -0.2) is 0 Å². The van der Waals surface area contributed by atoms with Crippen LogP contribution in [0.25, 0.3) is 0 Å². The van der Waals surface area contributed by atoms with E-state index in [0.29, 0.717) is 29.8 Å². The Kier molecular flexibility index (Phi) is 5.34. The Morgan fingerprint density at radius 2 is 2.24 bits per heavy atom. The number of alkyl halides is 1. The van der Waals surface area contributed by atoms with Crippen molar-refractivity contribution in [3.05, 3.63) is 41.5 Å². The van der Waals surface area contributed by atoms with Gasteiger partial charge in [0.2, 0.25) is 0 Å². The number of Topliss-reactive ketones (excluding diaryl/α,β-unsaturated/α-hetero) is 1. The van der Waals surface area contributed by atoms with Crippen molar-refractivity contribution in [2.75, 3.05) is 11.0 Å². The third-order valence-corrected chi connectivity index (χ3v) is 3.24. The van der Waals surface area contributed by atoms with Gasteiger partial charge in [-0.05, 0) is 30.7 Å². The fourth-order valence-electron chi connectivity index (χ4n) is 1.21. The molecule has 0 aliphatic rings. The molecule has 0 spiro atoms. The lowest BCUT2D eigenvalue weighted by molar-refractivity contribution is 0.101. The molecule has 0 amide bonds. The van der Waals surface area contributed by atoms with E-state index in [-0.39, 0.29) is 5.78 Å². The van der Waals surface area contributed by atoms with E-state index in [0.717, 1.165) is 10.0 Å². The molecule has 1 aromatic rings. The third-order valence-electron chi connectivity index (χ3n) is 2.16. The van der Waals surface area contributed by atoms with Crippen molar-refractivity contribution >= 4 is 34.7 Å². The van der Waals surface area contributed by atoms with Gasteiger partial charge in [0.1, 0.15) is 12.4 Å². The molecule has 0 aliphatic heterocycles. The predicted molar refractivity (Wildman–Crippen MR) is 75.4 cm³/mol. The van der Waals surface area contributed by atoms with E-state index in [9.17, 15) is 9.59 Å². The molecule has 3 nitrogen and oxygen atoms in total. The van der Waals surface area contributed by atoms with E-state index in [1.165, 1.54) is 13.0 Å². The highest BCUT2D eigenvalue weighted by Crippen LogP contribution is 2.19. The van der Waals surface area contributed by atoms with Crippen molar-refractivity contribution in [3.63, 3.8) is 0 Å². The fourth-order valence-corrected chi connectivity index (χ4v) is 1.43. The zero-order chi connectivity index (χ0) is 12.8. The zero-order valence-corrected chi connectivity index (χ0v) is 11.7. The van der Waals surface area contributed by atoms with E-state index in [1.54, 1.807) is 12.1 Å². The normalized spacial score (nSPS) is 9.76. The smallest absolute Gasteiger partial charge is 0.159 e. The van der Waals surface area contributed by atoms with Crippen molar-refractivity contribution in [1.29, 1.82) is 0 Å². The molecule has 0 bridgehead atoms. The Hall–Kier alpha value is -1.17. The Morgan fingerprint density at radius 1 is 1.53 bits per heavy atom. The van der Waals surface area contributed by atoms with Crippen molar-refractivity contribution in [3.8, 4) is 5.75 Å². The number of benzene rings is 1. The fraction of sp³-hybridized carbons (Fsp3) is 0.231. The molecule has 0 saturated heterocycles. The number of rotatable bonds is 6. The Labute approximate surface area is 114 Å². The van der Waals surface area contributed by atoms with Gasteiger partial charge in [0.05, 0.1) is 5.56 Å². The molecule has 0 aromatic heterocycles. The average Bonchev–Trinajstić information content (AvgIpc) is 2.35. The molecular formula is C13H13IO3. The van der Waals surface area contributed by atoms with Crippen LogP contribution in [0.3, 0.4) is 0 Å². The zero-order valence-electron chi connectivity index (χ0n) is 9.53. The topological polar surface area (TPSA) is 43.4 Å². The van der Waals surface area contributed by atoms with Gasteiger partial charge in [0, 0.05) is 9.99 Å². The standard InChI is InChI=1S/C13H13IO3/c1-9(6-14)8-17-13-4-3-11(10(2)16)5-12(13)7-15/h3-5,7H,1,6,8H2,2H3. The summed E-state index contributed by atoms with van der Waals surface area (Å²) in [6.45, 7) is 5.65. The minimum Gasteiger partial charge on any atom is -0.488 e. The maximum absolute atomic E-state index is 11.2. The van der Waals surface area contributed by atoms with Crippen molar-refractivity contribution in [1.82, 2.24) is 0 Å². The van der Waals surface area contributed by atoms with Crippen molar-refractivity contribution in [2.45, 2.75) is 6.92 Å². The molecule has 0 radical (unpaired) electrons. The van der Waals surface area contributed by atoms with E-state index in [1.807, 2.05) is 0 Å². The summed E-state index contributed by atoms with van der Waals surface area (Å²) >= 11 is 2.19. The first-order valence-corrected chi connectivity index (χ1v) is 6.56. The van der Waals surface area contributed by atoms with Gasteiger partial charge < -0.3 is 4.74 Å². The first-order chi connectivity index (χ1) is 8.08. The van der Waals surface area contributed by atoms with Gasteiger partial charge in [-0.2, -0.15) is 0 Å². The Bertz CT molecular complexity index is 452. The lowest BCUT2D eigenvalue weighted by atomic mass is 10.1. The predicted octanol–water partition coefficient (Wildman–Crippen LogP) is 3.07. The van der Waals surface area contributed by atoms with E-state index < -0.39 is 0 Å². The van der Waals surface area contributed by atoms with Gasteiger partial charge >= 0.3 is 0 Å². The molecule has 0 N–H and O–H groups in total. The van der Waals surface area contributed by atoms with Crippen LogP contribution in [0.1, 0.15) is 27.6 Å². The van der Waals surface area contributed by atoms with E-state index >= 15 is 0 Å². The molecule has 0 saturated carbocycles. The Balaban J connectivity index is 2.89. The summed E-state index contributed by atoms with van der Waals surface area (Å²) in [6, 6.07) is 4.83. The highest BCUT2D eigenvalue weighted by atomic mass is 127. The Morgan fingerprint density at radius 3 is 2.76 bits per heavy atom. The van der Waals surface area contributed by atoms with Gasteiger partial charge in [0.25, 0.3) is 0 Å². The highest BCUT2D eigenvalue weighted by Gasteiger charge is 2.07. The van der Waals surface area contributed by atoms with Crippen molar-refractivity contribution in [2.24, 2.45) is 0 Å². The molecule has 0 aliphatic carbocycles. The van der Waals surface area contributed by atoms with Crippen LogP contribution in [0.2, 0.25) is 0 Å². The maximum atomic E-state index is 11.2. The largest absolute Gasteiger partial charge is 0.488 e. The summed E-state index contributed by atoms with van der Waals surface area (Å²) in [5.74, 6) is 0.410. The summed E-state index contributed by atoms with van der Waals surface area (Å²) in [4.78, 5) is 22.1. The number of carbonyl (C=O) groups is 2. The van der Waals surface area contributed by atoms with Crippen LogP contribution in [0.15, 0.2) is 30.4 Å². The molecule has 90 valence electrons. The second-order valence-electron chi connectivity index (χ2n) is 3.60. The molecule has 0 fully saturated rings. The summed E-state index contributed by atoms with van der Waals surface area (Å²) in [5, 5.41) is 0. The van der Waals surface area contributed by atoms with Crippen LogP contribution in [0, 0.1) is 0 Å². The van der Waals surface area contributed by atoms with E-state index in [2.05, 4.69) is 29.2 Å². The molecule has 1 aromatic carbocycles. The number of hydrogen-bond donors (Lipinski definition) is 0. The van der Waals surface area contributed by atoms with Crippen LogP contribution in [0.5, 0.6) is 5.75 Å². The number of ketones is 1. The van der Waals surface area contributed by atoms with Gasteiger partial charge in [-0.3, -0.25) is 9.59 Å². The minimum absolute atomic E-state index is 0.0729. The maximum Gasteiger partial charge on any atom is 0.159 e. The first-order valence-electron chi connectivity index (χ1n) is 5.04. The first kappa shape index (κ1) is 13.9. The van der Waals surface area contributed by atoms with Crippen LogP contribution in [-0.4, -0.2) is 23.1 Å². The number of carbonyl (C=O) groups excluding carboxylic acids is 2. The molecule has 0 heterocycles. The van der Waals surface area contributed by atoms with Crippen LogP contribution < -0.4 is 4.74 Å².